The minimum absolute atomic E-state index is 0.0206. The molecule has 0 unspecified atom stereocenters. The van der Waals surface area contributed by atoms with Crippen LogP contribution in [0.3, 0.4) is 0 Å². The molecule has 2 N–H and O–H groups in total. The smallest absolute Gasteiger partial charge is 0.234 e. The summed E-state index contributed by atoms with van der Waals surface area (Å²) in [5.74, 6) is 0.797. The van der Waals surface area contributed by atoms with Crippen LogP contribution in [0.25, 0.3) is 0 Å². The zero-order chi connectivity index (χ0) is 12.8. The summed E-state index contributed by atoms with van der Waals surface area (Å²) in [5, 5.41) is 5.65. The molecule has 0 bridgehead atoms. The number of aryl methyl sites for hydroxylation is 2. The number of hydrogen-bond donors (Lipinski definition) is 2. The summed E-state index contributed by atoms with van der Waals surface area (Å²) in [6, 6.07) is 4.04. The van der Waals surface area contributed by atoms with Crippen LogP contribution in [0.4, 0.5) is 0 Å². The summed E-state index contributed by atoms with van der Waals surface area (Å²) in [4.78, 5) is 11.4. The molecule has 4 heteroatoms. The maximum absolute atomic E-state index is 11.4. The second-order valence-corrected chi connectivity index (χ2v) is 4.06. The second kappa shape index (κ2) is 6.25. The van der Waals surface area contributed by atoms with Crippen molar-refractivity contribution < 1.29 is 9.53 Å². The molecule has 1 aromatic carbocycles. The van der Waals surface area contributed by atoms with E-state index in [0.29, 0.717) is 13.1 Å². The van der Waals surface area contributed by atoms with Crippen LogP contribution < -0.4 is 15.4 Å². The Bertz CT molecular complexity index is 403. The fourth-order valence-corrected chi connectivity index (χ4v) is 1.59. The Kier molecular flexibility index (Phi) is 4.97. The molecule has 0 saturated carbocycles. The van der Waals surface area contributed by atoms with Gasteiger partial charge in [0.05, 0.1) is 13.7 Å². The predicted octanol–water partition coefficient (Wildman–Crippen LogP) is 1.15. The van der Waals surface area contributed by atoms with Gasteiger partial charge in [0.2, 0.25) is 5.91 Å². The lowest BCUT2D eigenvalue weighted by Crippen LogP contribution is -2.31. The first-order valence-electron chi connectivity index (χ1n) is 5.64. The van der Waals surface area contributed by atoms with Crippen molar-refractivity contribution in [2.75, 3.05) is 20.7 Å². The molecule has 17 heavy (non-hydrogen) atoms. The maximum Gasteiger partial charge on any atom is 0.234 e. The minimum Gasteiger partial charge on any atom is -0.496 e. The largest absolute Gasteiger partial charge is 0.496 e. The van der Waals surface area contributed by atoms with Crippen molar-refractivity contribution in [1.29, 1.82) is 0 Å². The average Bonchev–Trinajstić information content (AvgIpc) is 2.30. The molecule has 0 aliphatic rings. The van der Waals surface area contributed by atoms with Gasteiger partial charge in [-0.2, -0.15) is 0 Å². The number of carbonyl (C=O) groups is 1. The number of amides is 1. The molecule has 1 amide bonds. The van der Waals surface area contributed by atoms with Gasteiger partial charge in [0.25, 0.3) is 0 Å². The van der Waals surface area contributed by atoms with Crippen molar-refractivity contribution in [3.8, 4) is 5.75 Å². The van der Waals surface area contributed by atoms with E-state index in [4.69, 9.17) is 4.74 Å². The van der Waals surface area contributed by atoms with E-state index >= 15 is 0 Å². The van der Waals surface area contributed by atoms with Crippen molar-refractivity contribution in [3.05, 3.63) is 28.8 Å². The molecule has 0 spiro atoms. The Balaban J connectivity index is 2.76. The van der Waals surface area contributed by atoms with Crippen molar-refractivity contribution in [3.63, 3.8) is 0 Å². The molecule has 0 radical (unpaired) electrons. The van der Waals surface area contributed by atoms with Crippen LogP contribution >= 0.6 is 0 Å². The molecule has 0 aliphatic heterocycles. The lowest BCUT2D eigenvalue weighted by atomic mass is 10.0. The summed E-state index contributed by atoms with van der Waals surface area (Å²) < 4.78 is 5.31. The Morgan fingerprint density at radius 3 is 2.53 bits per heavy atom. The molecular formula is C13H20N2O2. The standard InChI is InChI=1S/C13H20N2O2/c1-9-5-11(7-15-13(16)8-14-3)12(17-4)6-10(9)2/h5-6,14H,7-8H2,1-4H3,(H,15,16). The van der Waals surface area contributed by atoms with Gasteiger partial charge in [0.15, 0.2) is 0 Å². The van der Waals surface area contributed by atoms with Crippen molar-refractivity contribution in [1.82, 2.24) is 10.6 Å². The average molecular weight is 236 g/mol. The minimum atomic E-state index is -0.0206. The van der Waals surface area contributed by atoms with E-state index in [2.05, 4.69) is 10.6 Å². The molecular weight excluding hydrogens is 216 g/mol. The monoisotopic (exact) mass is 236 g/mol. The third kappa shape index (κ3) is 3.75. The number of rotatable bonds is 5. The predicted molar refractivity (Wildman–Crippen MR) is 68.2 cm³/mol. The third-order valence-electron chi connectivity index (χ3n) is 2.71. The number of carbonyl (C=O) groups excluding carboxylic acids is 1. The number of ether oxygens (including phenoxy) is 1. The third-order valence-corrected chi connectivity index (χ3v) is 2.71. The first kappa shape index (κ1) is 13.5. The number of benzene rings is 1. The topological polar surface area (TPSA) is 50.4 Å². The molecule has 0 atom stereocenters. The highest BCUT2D eigenvalue weighted by Crippen LogP contribution is 2.22. The van der Waals surface area contributed by atoms with Crippen LogP contribution in [-0.2, 0) is 11.3 Å². The highest BCUT2D eigenvalue weighted by atomic mass is 16.5. The molecule has 0 fully saturated rings. The normalized spacial score (nSPS) is 10.1. The second-order valence-electron chi connectivity index (χ2n) is 4.06. The van der Waals surface area contributed by atoms with E-state index in [1.54, 1.807) is 14.2 Å². The summed E-state index contributed by atoms with van der Waals surface area (Å²) in [5.41, 5.74) is 3.39. The number of likely N-dealkylation sites (N-methyl/N-ethyl adjacent to an activating group) is 1. The van der Waals surface area contributed by atoms with E-state index in [1.807, 2.05) is 26.0 Å². The van der Waals surface area contributed by atoms with Gasteiger partial charge in [-0.1, -0.05) is 6.07 Å². The molecule has 4 nitrogen and oxygen atoms in total. The number of hydrogen-bond acceptors (Lipinski definition) is 3. The van der Waals surface area contributed by atoms with Crippen LogP contribution in [0.1, 0.15) is 16.7 Å². The molecule has 0 aromatic heterocycles. The molecule has 0 heterocycles. The van der Waals surface area contributed by atoms with Gasteiger partial charge in [-0.3, -0.25) is 4.79 Å². The van der Waals surface area contributed by atoms with Gasteiger partial charge in [-0.15, -0.1) is 0 Å². The van der Waals surface area contributed by atoms with Gasteiger partial charge in [0.1, 0.15) is 5.75 Å². The van der Waals surface area contributed by atoms with E-state index < -0.39 is 0 Å². The Morgan fingerprint density at radius 2 is 1.94 bits per heavy atom. The van der Waals surface area contributed by atoms with Crippen LogP contribution in [-0.4, -0.2) is 26.6 Å². The molecule has 1 rings (SSSR count). The van der Waals surface area contributed by atoms with Gasteiger partial charge >= 0.3 is 0 Å². The number of nitrogens with one attached hydrogen (secondary N) is 2. The fraction of sp³-hybridized carbons (Fsp3) is 0.462. The number of methoxy groups -OCH3 is 1. The van der Waals surface area contributed by atoms with Crippen molar-refractivity contribution >= 4 is 5.91 Å². The van der Waals surface area contributed by atoms with Crippen LogP contribution in [0.15, 0.2) is 12.1 Å². The van der Waals surface area contributed by atoms with E-state index in [9.17, 15) is 4.79 Å². The lowest BCUT2D eigenvalue weighted by molar-refractivity contribution is -0.120. The summed E-state index contributed by atoms with van der Waals surface area (Å²) in [6.07, 6.45) is 0. The SMILES string of the molecule is CNCC(=O)NCc1cc(C)c(C)cc1OC. The first-order chi connectivity index (χ1) is 8.08. The first-order valence-corrected chi connectivity index (χ1v) is 5.64. The Labute approximate surface area is 102 Å². The van der Waals surface area contributed by atoms with Gasteiger partial charge < -0.3 is 15.4 Å². The molecule has 1 aromatic rings. The molecule has 0 aliphatic carbocycles. The van der Waals surface area contributed by atoms with Crippen LogP contribution in [0, 0.1) is 13.8 Å². The summed E-state index contributed by atoms with van der Waals surface area (Å²) in [7, 11) is 3.39. The highest BCUT2D eigenvalue weighted by Gasteiger charge is 2.07. The van der Waals surface area contributed by atoms with E-state index in [-0.39, 0.29) is 5.91 Å². The summed E-state index contributed by atoms with van der Waals surface area (Å²) >= 11 is 0. The Hall–Kier alpha value is -1.55. The lowest BCUT2D eigenvalue weighted by Gasteiger charge is -2.12. The maximum atomic E-state index is 11.4. The fourth-order valence-electron chi connectivity index (χ4n) is 1.59. The van der Waals surface area contributed by atoms with E-state index in [1.165, 1.54) is 11.1 Å². The quantitative estimate of drug-likeness (QED) is 0.806. The highest BCUT2D eigenvalue weighted by molar-refractivity contribution is 5.78. The van der Waals surface area contributed by atoms with Crippen LogP contribution in [0.2, 0.25) is 0 Å². The van der Waals surface area contributed by atoms with Gasteiger partial charge in [-0.05, 0) is 38.1 Å². The van der Waals surface area contributed by atoms with Gasteiger partial charge in [0, 0.05) is 12.1 Å². The van der Waals surface area contributed by atoms with Crippen LogP contribution in [0.5, 0.6) is 5.75 Å². The molecule has 0 saturated heterocycles. The zero-order valence-corrected chi connectivity index (χ0v) is 10.9. The van der Waals surface area contributed by atoms with E-state index in [0.717, 1.165) is 11.3 Å². The van der Waals surface area contributed by atoms with Crippen molar-refractivity contribution in [2.45, 2.75) is 20.4 Å². The summed E-state index contributed by atoms with van der Waals surface area (Å²) in [6.45, 7) is 4.91. The van der Waals surface area contributed by atoms with Crippen molar-refractivity contribution in [2.24, 2.45) is 0 Å². The Morgan fingerprint density at radius 1 is 1.29 bits per heavy atom. The molecule has 94 valence electrons. The zero-order valence-electron chi connectivity index (χ0n) is 10.9. The van der Waals surface area contributed by atoms with Gasteiger partial charge in [-0.25, -0.2) is 0 Å².